The molecule has 3 fully saturated rings. The van der Waals surface area contributed by atoms with Gasteiger partial charge in [-0.15, -0.1) is 0 Å². The Morgan fingerprint density at radius 3 is 2.76 bits per heavy atom. The standard InChI is InChI=1S/C25H26ClF4N5O3/c26-19-17(28)6-16(27)14-5-18(34-20(14)19)24(38)35-10-12-7-25(29,30)8-15(12)21(35)23(37)33-13(9-31)4-11-2-1-3-32-22(11)36/h5-6,11-13,15,21-22,32,34,36H,1-4,7-8,10H2,(H,33,37)/t11-,12-,13-,15-,21-,22?/m0/s1. The molecule has 0 bridgehead atoms. The van der Waals surface area contributed by atoms with Crippen LogP contribution in [0.25, 0.3) is 10.9 Å². The van der Waals surface area contributed by atoms with Crippen LogP contribution in [0.5, 0.6) is 0 Å². The van der Waals surface area contributed by atoms with Crippen LogP contribution in [0.4, 0.5) is 17.6 Å². The lowest BCUT2D eigenvalue weighted by molar-refractivity contribution is -0.127. The minimum Gasteiger partial charge on any atom is -0.378 e. The number of nitrogens with one attached hydrogen (secondary N) is 3. The molecule has 2 saturated heterocycles. The molecule has 1 aliphatic carbocycles. The number of nitriles is 1. The van der Waals surface area contributed by atoms with Crippen molar-refractivity contribution in [2.45, 2.75) is 56.3 Å². The summed E-state index contributed by atoms with van der Waals surface area (Å²) in [6, 6.07) is 1.42. The normalized spacial score (nSPS) is 29.2. The molecule has 1 aromatic heterocycles. The average Bonchev–Trinajstić information content (AvgIpc) is 3.53. The van der Waals surface area contributed by atoms with E-state index in [0.717, 1.165) is 17.4 Å². The number of halogens is 5. The van der Waals surface area contributed by atoms with Crippen molar-refractivity contribution in [3.8, 4) is 6.07 Å². The molecule has 1 aromatic carbocycles. The Hall–Kier alpha value is -2.88. The van der Waals surface area contributed by atoms with Crippen molar-refractivity contribution in [3.05, 3.63) is 34.5 Å². The fraction of sp³-hybridized carbons (Fsp3) is 0.560. The molecule has 2 amide bonds. The van der Waals surface area contributed by atoms with Crippen LogP contribution in [0, 0.1) is 40.7 Å². The summed E-state index contributed by atoms with van der Waals surface area (Å²) in [4.78, 5) is 30.7. The summed E-state index contributed by atoms with van der Waals surface area (Å²) in [7, 11) is 0. The number of amides is 2. The maximum absolute atomic E-state index is 14.3. The molecule has 0 spiro atoms. The van der Waals surface area contributed by atoms with Gasteiger partial charge >= 0.3 is 0 Å². The van der Waals surface area contributed by atoms with Crippen LogP contribution in [0.3, 0.4) is 0 Å². The van der Waals surface area contributed by atoms with Gasteiger partial charge < -0.3 is 20.3 Å². The fourth-order valence-corrected chi connectivity index (χ4v) is 6.39. The van der Waals surface area contributed by atoms with Gasteiger partial charge in [0.2, 0.25) is 11.8 Å². The van der Waals surface area contributed by atoms with Gasteiger partial charge in [-0.2, -0.15) is 5.26 Å². The molecule has 2 aliphatic heterocycles. The van der Waals surface area contributed by atoms with E-state index < -0.39 is 77.4 Å². The van der Waals surface area contributed by atoms with Crippen molar-refractivity contribution in [2.75, 3.05) is 13.1 Å². The predicted octanol–water partition coefficient (Wildman–Crippen LogP) is 3.30. The van der Waals surface area contributed by atoms with Crippen LogP contribution in [-0.2, 0) is 4.79 Å². The average molecular weight is 556 g/mol. The molecule has 8 nitrogen and oxygen atoms in total. The van der Waals surface area contributed by atoms with Gasteiger partial charge in [-0.1, -0.05) is 11.6 Å². The topological polar surface area (TPSA) is 121 Å². The number of benzene rings is 1. The van der Waals surface area contributed by atoms with E-state index >= 15 is 0 Å². The van der Waals surface area contributed by atoms with Gasteiger partial charge in [0.05, 0.1) is 11.6 Å². The number of piperidine rings is 1. The SMILES string of the molecule is N#C[C@H](C[C@@H]1CCCNC1O)NC(=O)[C@@H]1[C@H]2CC(F)(F)C[C@H]2CN1C(=O)c1cc2c(F)cc(F)c(Cl)c2[nH]1. The molecule has 1 saturated carbocycles. The number of carbonyl (C=O) groups excluding carboxylic acids is 2. The number of aliphatic hydroxyl groups excluding tert-OH is 1. The number of nitrogens with zero attached hydrogens (tertiary/aromatic N) is 2. The Morgan fingerprint density at radius 2 is 2.05 bits per heavy atom. The Labute approximate surface area is 220 Å². The van der Waals surface area contributed by atoms with Crippen molar-refractivity contribution in [1.29, 1.82) is 5.26 Å². The summed E-state index contributed by atoms with van der Waals surface area (Å²) in [5.41, 5.74) is -0.312. The highest BCUT2D eigenvalue weighted by molar-refractivity contribution is 6.35. The smallest absolute Gasteiger partial charge is 0.271 e. The van der Waals surface area contributed by atoms with Crippen LogP contribution in [0.1, 0.15) is 42.6 Å². The van der Waals surface area contributed by atoms with E-state index in [-0.39, 0.29) is 35.5 Å². The number of hydrogen-bond donors (Lipinski definition) is 4. The molecule has 3 heterocycles. The summed E-state index contributed by atoms with van der Waals surface area (Å²) in [5.74, 6) is -8.26. The minimum absolute atomic E-state index is 0.129. The van der Waals surface area contributed by atoms with Gasteiger partial charge in [-0.25, -0.2) is 17.6 Å². The van der Waals surface area contributed by atoms with Gasteiger partial charge in [-0.05, 0) is 43.7 Å². The minimum atomic E-state index is -3.00. The van der Waals surface area contributed by atoms with Crippen LogP contribution < -0.4 is 10.6 Å². The van der Waals surface area contributed by atoms with Crippen LogP contribution in [-0.4, -0.2) is 64.1 Å². The third kappa shape index (κ3) is 4.83. The third-order valence-corrected chi connectivity index (χ3v) is 8.32. The first-order valence-corrected chi connectivity index (χ1v) is 12.8. The first-order valence-electron chi connectivity index (χ1n) is 12.5. The molecule has 38 heavy (non-hydrogen) atoms. The highest BCUT2D eigenvalue weighted by Gasteiger charge is 2.58. The molecule has 2 aromatic rings. The van der Waals surface area contributed by atoms with Gasteiger partial charge in [0.15, 0.2) is 0 Å². The molecule has 1 unspecified atom stereocenters. The highest BCUT2D eigenvalue weighted by atomic mass is 35.5. The van der Waals surface area contributed by atoms with Gasteiger partial charge in [0, 0.05) is 36.8 Å². The van der Waals surface area contributed by atoms with Crippen LogP contribution >= 0.6 is 11.6 Å². The van der Waals surface area contributed by atoms with Gasteiger partial charge in [0.25, 0.3) is 5.91 Å². The maximum Gasteiger partial charge on any atom is 0.271 e. The zero-order chi connectivity index (χ0) is 27.4. The van der Waals surface area contributed by atoms with E-state index in [1.807, 2.05) is 6.07 Å². The van der Waals surface area contributed by atoms with Crippen molar-refractivity contribution in [1.82, 2.24) is 20.5 Å². The van der Waals surface area contributed by atoms with Crippen molar-refractivity contribution in [3.63, 3.8) is 0 Å². The molecule has 204 valence electrons. The molecule has 3 aliphatic rings. The van der Waals surface area contributed by atoms with E-state index in [2.05, 4.69) is 15.6 Å². The number of rotatable bonds is 5. The Balaban J connectivity index is 1.41. The highest BCUT2D eigenvalue weighted by Crippen LogP contribution is 2.50. The summed E-state index contributed by atoms with van der Waals surface area (Å²) in [5, 5.41) is 24.8. The van der Waals surface area contributed by atoms with Gasteiger partial charge in [-0.3, -0.25) is 14.9 Å². The molecule has 13 heteroatoms. The second-order valence-corrected chi connectivity index (χ2v) is 10.8. The molecule has 0 radical (unpaired) electrons. The lowest BCUT2D eigenvalue weighted by Crippen LogP contribution is -2.52. The number of alkyl halides is 2. The van der Waals surface area contributed by atoms with Crippen molar-refractivity contribution >= 4 is 34.3 Å². The first-order chi connectivity index (χ1) is 18.0. The Morgan fingerprint density at radius 1 is 1.29 bits per heavy atom. The quantitative estimate of drug-likeness (QED) is 0.333. The molecule has 4 N–H and O–H groups in total. The summed E-state index contributed by atoms with van der Waals surface area (Å²) >= 11 is 5.93. The van der Waals surface area contributed by atoms with Crippen LogP contribution in [0.15, 0.2) is 12.1 Å². The number of aliphatic hydroxyl groups is 1. The van der Waals surface area contributed by atoms with E-state index in [1.165, 1.54) is 0 Å². The number of likely N-dealkylation sites (tertiary alicyclic amines) is 1. The number of aromatic amines is 1. The number of fused-ring (bicyclic) bond motifs is 2. The number of carbonyl (C=O) groups is 2. The third-order valence-electron chi connectivity index (χ3n) is 7.95. The Kier molecular flexibility index (Phi) is 7.04. The molecule has 6 atom stereocenters. The summed E-state index contributed by atoms with van der Waals surface area (Å²) in [6.45, 7) is 0.493. The van der Waals surface area contributed by atoms with Crippen molar-refractivity contribution < 1.29 is 32.3 Å². The van der Waals surface area contributed by atoms with Crippen molar-refractivity contribution in [2.24, 2.45) is 17.8 Å². The number of H-pyrrole nitrogens is 1. The lowest BCUT2D eigenvalue weighted by Gasteiger charge is -2.31. The number of hydrogen-bond acceptors (Lipinski definition) is 5. The predicted molar refractivity (Wildman–Crippen MR) is 128 cm³/mol. The summed E-state index contributed by atoms with van der Waals surface area (Å²) < 4.78 is 56.8. The van der Waals surface area contributed by atoms with E-state index in [4.69, 9.17) is 11.6 Å². The molecular formula is C25H26ClF4N5O3. The monoisotopic (exact) mass is 555 g/mol. The second-order valence-electron chi connectivity index (χ2n) is 10.4. The largest absolute Gasteiger partial charge is 0.378 e. The first kappa shape index (κ1) is 26.7. The maximum atomic E-state index is 14.3. The lowest BCUT2D eigenvalue weighted by atomic mass is 9.90. The number of aromatic nitrogens is 1. The fourth-order valence-electron chi connectivity index (χ4n) is 6.19. The summed E-state index contributed by atoms with van der Waals surface area (Å²) in [6.07, 6.45) is -0.347. The van der Waals surface area contributed by atoms with Crippen LogP contribution in [0.2, 0.25) is 5.02 Å². The zero-order valence-corrected chi connectivity index (χ0v) is 20.9. The molecule has 5 rings (SSSR count). The zero-order valence-electron chi connectivity index (χ0n) is 20.1. The Bertz CT molecular complexity index is 1310. The second kappa shape index (κ2) is 10.0. The van der Waals surface area contributed by atoms with E-state index in [1.54, 1.807) is 0 Å². The van der Waals surface area contributed by atoms with E-state index in [9.17, 15) is 37.5 Å². The molecular weight excluding hydrogens is 530 g/mol. The van der Waals surface area contributed by atoms with E-state index in [0.29, 0.717) is 19.0 Å². The van der Waals surface area contributed by atoms with Gasteiger partial charge in [0.1, 0.15) is 40.7 Å².